The zero-order valence-electron chi connectivity index (χ0n) is 17.1. The van der Waals surface area contributed by atoms with Gasteiger partial charge in [0.25, 0.3) is 5.91 Å². The first kappa shape index (κ1) is 25.9. The average molecular weight is 491 g/mol. The van der Waals surface area contributed by atoms with Gasteiger partial charge in [-0.05, 0) is 36.4 Å². The molecule has 0 atom stereocenters. The molecule has 0 aliphatic heterocycles. The lowest BCUT2D eigenvalue weighted by Crippen LogP contribution is -2.27. The number of methoxy groups -OCH3 is 1. The van der Waals surface area contributed by atoms with Crippen LogP contribution < -0.4 is 20.1 Å². The minimum absolute atomic E-state index is 0.0215. The number of ether oxygens (including phenoxy) is 3. The number of benzene rings is 2. The third-order valence-electron chi connectivity index (χ3n) is 3.91. The molecule has 0 bridgehead atoms. The van der Waals surface area contributed by atoms with Crippen LogP contribution in [-0.2, 0) is 9.53 Å². The van der Waals surface area contributed by atoms with Crippen molar-refractivity contribution in [2.45, 2.75) is 13.2 Å². The van der Waals surface area contributed by atoms with E-state index in [1.165, 1.54) is 31.4 Å². The first-order valence-corrected chi connectivity index (χ1v) is 9.66. The molecule has 0 aliphatic rings. The molecule has 33 heavy (non-hydrogen) atoms. The maximum absolute atomic E-state index is 12.6. The molecule has 0 aliphatic carbocycles. The smallest absolute Gasteiger partial charge is 0.387 e. The normalized spacial score (nSPS) is 11.2. The number of halogens is 5. The number of nitrogens with one attached hydrogen (secondary N) is 2. The maximum Gasteiger partial charge on any atom is 0.387 e. The van der Waals surface area contributed by atoms with Crippen molar-refractivity contribution in [3.05, 3.63) is 58.6 Å². The lowest BCUT2D eigenvalue weighted by atomic mass is 10.1. The zero-order chi connectivity index (χ0) is 24.4. The molecule has 12 heteroatoms. The van der Waals surface area contributed by atoms with Gasteiger partial charge in [0, 0.05) is 37.0 Å². The number of carbonyl (C=O) groups excluding carboxylic acids is 2. The molecule has 0 saturated carbocycles. The highest BCUT2D eigenvalue weighted by Crippen LogP contribution is 2.28. The Morgan fingerprint density at radius 1 is 1.06 bits per heavy atom. The van der Waals surface area contributed by atoms with Gasteiger partial charge in [0.1, 0.15) is 11.5 Å². The van der Waals surface area contributed by atoms with E-state index in [4.69, 9.17) is 16.3 Å². The molecular weight excluding hydrogens is 472 g/mol. The molecule has 0 fully saturated rings. The summed E-state index contributed by atoms with van der Waals surface area (Å²) >= 11 is 6.10. The van der Waals surface area contributed by atoms with Crippen molar-refractivity contribution in [2.24, 2.45) is 0 Å². The van der Waals surface area contributed by atoms with E-state index in [1.807, 2.05) is 0 Å². The molecule has 0 saturated heterocycles. The Morgan fingerprint density at radius 3 is 2.42 bits per heavy atom. The summed E-state index contributed by atoms with van der Waals surface area (Å²) in [5, 5.41) is 5.20. The van der Waals surface area contributed by atoms with Gasteiger partial charge in [-0.3, -0.25) is 9.59 Å². The third kappa shape index (κ3) is 8.62. The first-order chi connectivity index (χ1) is 15.7. The van der Waals surface area contributed by atoms with Crippen molar-refractivity contribution in [1.29, 1.82) is 0 Å². The van der Waals surface area contributed by atoms with Crippen molar-refractivity contribution < 1.29 is 41.4 Å². The van der Waals surface area contributed by atoms with Crippen LogP contribution in [0.4, 0.5) is 23.2 Å². The summed E-state index contributed by atoms with van der Waals surface area (Å²) < 4.78 is 63.2. The van der Waals surface area contributed by atoms with Crippen LogP contribution in [0.25, 0.3) is 6.08 Å². The predicted molar refractivity (Wildman–Crippen MR) is 113 cm³/mol. The van der Waals surface area contributed by atoms with E-state index in [2.05, 4.69) is 20.1 Å². The van der Waals surface area contributed by atoms with Gasteiger partial charge in [-0.15, -0.1) is 0 Å². The summed E-state index contributed by atoms with van der Waals surface area (Å²) in [4.78, 5) is 24.2. The number of hydrogen-bond donors (Lipinski definition) is 2. The van der Waals surface area contributed by atoms with Crippen molar-refractivity contribution in [1.82, 2.24) is 5.32 Å². The van der Waals surface area contributed by atoms with Crippen LogP contribution in [0, 0.1) is 0 Å². The number of carbonyl (C=O) groups is 2. The fraction of sp³-hybridized carbons (Fsp3) is 0.238. The monoisotopic (exact) mass is 490 g/mol. The summed E-state index contributed by atoms with van der Waals surface area (Å²) in [6, 6.07) is 7.36. The Balaban J connectivity index is 2.08. The maximum atomic E-state index is 12.6. The molecule has 0 heterocycles. The van der Waals surface area contributed by atoms with Crippen LogP contribution in [0.3, 0.4) is 0 Å². The first-order valence-electron chi connectivity index (χ1n) is 9.29. The van der Waals surface area contributed by atoms with Gasteiger partial charge in [0.05, 0.1) is 17.2 Å². The number of anilines is 1. The summed E-state index contributed by atoms with van der Waals surface area (Å²) in [6.45, 7) is -5.75. The third-order valence-corrected chi connectivity index (χ3v) is 4.23. The van der Waals surface area contributed by atoms with Crippen molar-refractivity contribution in [2.75, 3.05) is 25.6 Å². The highest BCUT2D eigenvalue weighted by atomic mass is 35.5. The van der Waals surface area contributed by atoms with Gasteiger partial charge in [-0.1, -0.05) is 11.6 Å². The largest absolute Gasteiger partial charge is 0.435 e. The molecular formula is C21H19ClF4N2O5. The van der Waals surface area contributed by atoms with Crippen molar-refractivity contribution >= 4 is 35.2 Å². The topological polar surface area (TPSA) is 85.9 Å². The second-order valence-corrected chi connectivity index (χ2v) is 6.63. The molecule has 2 aromatic carbocycles. The Hall–Kier alpha value is -3.31. The van der Waals surface area contributed by atoms with Crippen LogP contribution >= 0.6 is 11.6 Å². The Labute approximate surface area is 191 Å². The Bertz CT molecular complexity index is 1000. The van der Waals surface area contributed by atoms with E-state index < -0.39 is 30.8 Å². The van der Waals surface area contributed by atoms with Gasteiger partial charge in [-0.25, -0.2) is 0 Å². The summed E-state index contributed by atoms with van der Waals surface area (Å²) in [5.74, 6) is -1.91. The van der Waals surface area contributed by atoms with Crippen LogP contribution in [0.2, 0.25) is 5.02 Å². The molecule has 2 aromatic rings. The summed E-state index contributed by atoms with van der Waals surface area (Å²) in [5.41, 5.74) is 0.488. The quantitative estimate of drug-likeness (QED) is 0.274. The fourth-order valence-electron chi connectivity index (χ4n) is 2.51. The minimum Gasteiger partial charge on any atom is -0.435 e. The molecule has 2 amide bonds. The van der Waals surface area contributed by atoms with E-state index in [1.54, 1.807) is 0 Å². The minimum atomic E-state index is -3.22. The van der Waals surface area contributed by atoms with Crippen LogP contribution in [-0.4, -0.2) is 45.3 Å². The van der Waals surface area contributed by atoms with Crippen molar-refractivity contribution in [3.8, 4) is 11.5 Å². The van der Waals surface area contributed by atoms with Gasteiger partial charge < -0.3 is 24.8 Å². The SMILES string of the molecule is COCCNC(=O)c1ccc(NC(=O)C=Cc2ccc(OC(F)F)cc2OC(F)F)cc1Cl. The second kappa shape index (κ2) is 12.7. The predicted octanol–water partition coefficient (Wildman–Crippen LogP) is 4.57. The van der Waals surface area contributed by atoms with Crippen molar-refractivity contribution in [3.63, 3.8) is 0 Å². The Kier molecular flexibility index (Phi) is 9.95. The highest BCUT2D eigenvalue weighted by Gasteiger charge is 2.13. The van der Waals surface area contributed by atoms with Crippen LogP contribution in [0.5, 0.6) is 11.5 Å². The highest BCUT2D eigenvalue weighted by molar-refractivity contribution is 6.34. The lowest BCUT2D eigenvalue weighted by Gasteiger charge is -2.11. The van der Waals surface area contributed by atoms with Gasteiger partial charge in [0.15, 0.2) is 0 Å². The van der Waals surface area contributed by atoms with Gasteiger partial charge >= 0.3 is 13.2 Å². The van der Waals surface area contributed by atoms with Gasteiger partial charge in [-0.2, -0.15) is 17.6 Å². The van der Waals surface area contributed by atoms with E-state index in [9.17, 15) is 27.2 Å². The average Bonchev–Trinajstić information content (AvgIpc) is 2.72. The molecule has 0 radical (unpaired) electrons. The Morgan fingerprint density at radius 2 is 1.79 bits per heavy atom. The molecule has 0 spiro atoms. The number of alkyl halides is 4. The lowest BCUT2D eigenvalue weighted by molar-refractivity contribution is -0.111. The molecule has 0 aromatic heterocycles. The number of hydrogen-bond acceptors (Lipinski definition) is 5. The molecule has 2 N–H and O–H groups in total. The molecule has 178 valence electrons. The van der Waals surface area contributed by atoms with E-state index >= 15 is 0 Å². The summed E-state index contributed by atoms with van der Waals surface area (Å²) in [7, 11) is 1.49. The second-order valence-electron chi connectivity index (χ2n) is 6.22. The van der Waals surface area contributed by atoms with E-state index in [0.717, 1.165) is 24.3 Å². The van der Waals surface area contributed by atoms with E-state index in [-0.39, 0.29) is 27.6 Å². The van der Waals surface area contributed by atoms with Crippen LogP contribution in [0.1, 0.15) is 15.9 Å². The zero-order valence-corrected chi connectivity index (χ0v) is 17.9. The molecule has 2 rings (SSSR count). The fourth-order valence-corrected chi connectivity index (χ4v) is 2.78. The van der Waals surface area contributed by atoms with Crippen LogP contribution in [0.15, 0.2) is 42.5 Å². The van der Waals surface area contributed by atoms with E-state index in [0.29, 0.717) is 13.2 Å². The standard InChI is InChI=1S/C21H19ClF4N2O5/c1-31-9-8-27-19(30)15-6-4-13(10-16(15)22)28-18(29)7-3-12-2-5-14(32-20(23)24)11-17(12)33-21(25)26/h2-7,10-11,20-21H,8-9H2,1H3,(H,27,30)(H,28,29). The molecule has 0 unspecified atom stereocenters. The molecule has 7 nitrogen and oxygen atoms in total. The summed E-state index contributed by atoms with van der Waals surface area (Å²) in [6.07, 6.45) is 2.17. The number of rotatable bonds is 11. The van der Waals surface area contributed by atoms with Gasteiger partial charge in [0.2, 0.25) is 5.91 Å². The number of amides is 2.